The zero-order valence-electron chi connectivity index (χ0n) is 18.6. The number of fused-ring (bicyclic) bond motifs is 5. The van der Waals surface area contributed by atoms with Gasteiger partial charge in [-0.2, -0.15) is 0 Å². The lowest BCUT2D eigenvalue weighted by Crippen LogP contribution is -2.57. The largest absolute Gasteiger partial charge is 0.479 e. The highest BCUT2D eigenvalue weighted by Gasteiger charge is 2.59. The molecule has 1 atom stereocenters. The molecule has 0 spiro atoms. The fourth-order valence-electron chi connectivity index (χ4n) is 5.93. The Bertz CT molecular complexity index is 1060. The molecule has 172 valence electrons. The summed E-state index contributed by atoms with van der Waals surface area (Å²) < 4.78 is 5.59. The highest BCUT2D eigenvalue weighted by molar-refractivity contribution is 5.93. The van der Waals surface area contributed by atoms with Gasteiger partial charge in [-0.1, -0.05) is 55.5 Å². The van der Waals surface area contributed by atoms with Gasteiger partial charge in [-0.05, 0) is 54.4 Å². The van der Waals surface area contributed by atoms with Gasteiger partial charge in [-0.15, -0.1) is 0 Å². The topological polar surface area (TPSA) is 95.9 Å². The van der Waals surface area contributed by atoms with Gasteiger partial charge < -0.3 is 20.1 Å². The average molecular weight is 449 g/mol. The van der Waals surface area contributed by atoms with E-state index in [4.69, 9.17) is 4.74 Å². The number of hydrogen-bond acceptors (Lipinski definition) is 4. The number of aliphatic carboxylic acids is 1. The van der Waals surface area contributed by atoms with E-state index in [0.29, 0.717) is 32.1 Å². The predicted octanol–water partition coefficient (Wildman–Crippen LogP) is 3.91. The van der Waals surface area contributed by atoms with Crippen LogP contribution in [0.4, 0.5) is 4.79 Å². The van der Waals surface area contributed by atoms with Crippen LogP contribution in [0.1, 0.15) is 56.1 Å². The second-order valence-corrected chi connectivity index (χ2v) is 9.21. The quantitative estimate of drug-likeness (QED) is 0.699. The van der Waals surface area contributed by atoms with Crippen LogP contribution in [0, 0.1) is 0 Å². The maximum Gasteiger partial charge on any atom is 0.407 e. The van der Waals surface area contributed by atoms with Crippen LogP contribution in [0.3, 0.4) is 0 Å². The SMILES string of the molecule is CC[C@@H](NC(=O)OCC1c2ccccc2-c2ccccc21)C(=O)N1C2CCC1(C(=O)O)CC2. The summed E-state index contributed by atoms with van der Waals surface area (Å²) >= 11 is 0. The summed E-state index contributed by atoms with van der Waals surface area (Å²) in [6.45, 7) is 1.97. The Morgan fingerprint density at radius 2 is 1.64 bits per heavy atom. The minimum absolute atomic E-state index is 0.0630. The zero-order valence-corrected chi connectivity index (χ0v) is 18.6. The van der Waals surface area contributed by atoms with Gasteiger partial charge in [0.2, 0.25) is 5.91 Å². The number of ether oxygens (including phenoxy) is 1. The maximum absolute atomic E-state index is 13.3. The summed E-state index contributed by atoms with van der Waals surface area (Å²) in [5.41, 5.74) is 3.40. The smallest absolute Gasteiger partial charge is 0.407 e. The molecule has 2 aromatic carbocycles. The molecule has 33 heavy (non-hydrogen) atoms. The maximum atomic E-state index is 13.3. The molecule has 2 heterocycles. The monoisotopic (exact) mass is 448 g/mol. The Kier molecular flexibility index (Phi) is 5.35. The molecule has 0 radical (unpaired) electrons. The molecule has 0 saturated carbocycles. The molecule has 2 aliphatic heterocycles. The third-order valence-corrected chi connectivity index (χ3v) is 7.59. The number of hydrogen-bond donors (Lipinski definition) is 2. The molecule has 2 saturated heterocycles. The van der Waals surface area contributed by atoms with Crippen LogP contribution in [0.5, 0.6) is 0 Å². The summed E-state index contributed by atoms with van der Waals surface area (Å²) in [5, 5.41) is 12.5. The van der Waals surface area contributed by atoms with Gasteiger partial charge in [0.15, 0.2) is 0 Å². The number of carbonyl (C=O) groups excluding carboxylic acids is 2. The van der Waals surface area contributed by atoms with E-state index >= 15 is 0 Å². The molecule has 5 rings (SSSR count). The first kappa shape index (κ1) is 21.5. The summed E-state index contributed by atoms with van der Waals surface area (Å²) in [6, 6.07) is 15.3. The molecular weight excluding hydrogens is 420 g/mol. The minimum atomic E-state index is -1.13. The lowest BCUT2D eigenvalue weighted by atomic mass is 9.88. The Morgan fingerprint density at radius 1 is 1.06 bits per heavy atom. The van der Waals surface area contributed by atoms with E-state index in [-0.39, 0.29) is 24.5 Å². The van der Waals surface area contributed by atoms with Gasteiger partial charge >= 0.3 is 12.1 Å². The highest BCUT2D eigenvalue weighted by atomic mass is 16.5. The van der Waals surface area contributed by atoms with Gasteiger partial charge in [0.1, 0.15) is 18.2 Å². The van der Waals surface area contributed by atoms with Crippen molar-refractivity contribution in [1.82, 2.24) is 10.2 Å². The fourth-order valence-corrected chi connectivity index (χ4v) is 5.93. The second-order valence-electron chi connectivity index (χ2n) is 9.21. The van der Waals surface area contributed by atoms with E-state index in [9.17, 15) is 19.5 Å². The van der Waals surface area contributed by atoms with Crippen molar-refractivity contribution in [3.05, 3.63) is 59.7 Å². The number of nitrogens with one attached hydrogen (secondary N) is 1. The molecule has 7 nitrogen and oxygen atoms in total. The van der Waals surface area contributed by atoms with E-state index in [2.05, 4.69) is 17.4 Å². The summed E-state index contributed by atoms with van der Waals surface area (Å²) in [7, 11) is 0. The third-order valence-electron chi connectivity index (χ3n) is 7.59. The fraction of sp³-hybridized carbons (Fsp3) is 0.423. The first-order valence-electron chi connectivity index (χ1n) is 11.6. The average Bonchev–Trinajstić information content (AvgIpc) is 3.49. The Hall–Kier alpha value is -3.35. The standard InChI is InChI=1S/C26H28N2O5/c1-2-22(23(29)28-16-11-13-26(28,14-12-16)24(30)31)27-25(32)33-15-21-19-9-5-3-7-17(19)18-8-4-6-10-20(18)21/h3-10,16,21-22H,2,11-15H2,1H3,(H,27,32)(H,30,31)/t16?,22-,26?/m1/s1. The Balaban J connectivity index is 1.27. The molecule has 7 heteroatoms. The van der Waals surface area contributed by atoms with E-state index in [1.165, 1.54) is 4.90 Å². The lowest BCUT2D eigenvalue weighted by Gasteiger charge is -2.33. The van der Waals surface area contributed by atoms with Crippen LogP contribution in [-0.2, 0) is 14.3 Å². The minimum Gasteiger partial charge on any atom is -0.479 e. The number of rotatable bonds is 6. The van der Waals surface area contributed by atoms with Gasteiger partial charge in [-0.3, -0.25) is 4.79 Å². The Morgan fingerprint density at radius 3 is 2.18 bits per heavy atom. The molecule has 2 N–H and O–H groups in total. The molecule has 3 aliphatic rings. The van der Waals surface area contributed by atoms with E-state index in [1.807, 2.05) is 36.4 Å². The molecule has 1 aliphatic carbocycles. The summed E-state index contributed by atoms with van der Waals surface area (Å²) in [5.74, 6) is -1.34. The number of carbonyl (C=O) groups is 3. The van der Waals surface area contributed by atoms with E-state index < -0.39 is 23.6 Å². The number of benzene rings is 2. The van der Waals surface area contributed by atoms with Gasteiger partial charge in [0.05, 0.1) is 0 Å². The van der Waals surface area contributed by atoms with Gasteiger partial charge in [-0.25, -0.2) is 9.59 Å². The first-order valence-corrected chi connectivity index (χ1v) is 11.6. The van der Waals surface area contributed by atoms with Crippen molar-refractivity contribution in [3.8, 4) is 11.1 Å². The molecule has 2 fully saturated rings. The molecule has 2 bridgehead atoms. The number of nitrogens with zero attached hydrogens (tertiary/aromatic N) is 1. The number of carboxylic acid groups (broad SMARTS) is 1. The van der Waals surface area contributed by atoms with Gasteiger partial charge in [0.25, 0.3) is 0 Å². The normalized spacial score (nSPS) is 23.7. The highest BCUT2D eigenvalue weighted by Crippen LogP contribution is 2.47. The van der Waals surface area contributed by atoms with Crippen molar-refractivity contribution in [2.45, 2.75) is 62.6 Å². The van der Waals surface area contributed by atoms with Gasteiger partial charge in [0, 0.05) is 12.0 Å². The van der Waals surface area contributed by atoms with Crippen LogP contribution in [-0.4, -0.2) is 52.2 Å². The third kappa shape index (κ3) is 3.37. The van der Waals surface area contributed by atoms with Crippen molar-refractivity contribution in [3.63, 3.8) is 0 Å². The molecule has 0 aromatic heterocycles. The molecule has 0 unspecified atom stereocenters. The van der Waals surface area contributed by atoms with Crippen LogP contribution in [0.2, 0.25) is 0 Å². The second kappa shape index (κ2) is 8.21. The van der Waals surface area contributed by atoms with E-state index in [1.54, 1.807) is 6.92 Å². The van der Waals surface area contributed by atoms with Crippen molar-refractivity contribution in [2.24, 2.45) is 0 Å². The van der Waals surface area contributed by atoms with Crippen molar-refractivity contribution < 1.29 is 24.2 Å². The molecule has 2 aromatic rings. The van der Waals surface area contributed by atoms with Crippen molar-refractivity contribution >= 4 is 18.0 Å². The number of alkyl carbamates (subject to hydrolysis) is 1. The summed E-state index contributed by atoms with van der Waals surface area (Å²) in [4.78, 5) is 39.4. The van der Waals surface area contributed by atoms with Crippen LogP contribution >= 0.6 is 0 Å². The van der Waals surface area contributed by atoms with E-state index in [0.717, 1.165) is 22.3 Å². The lowest BCUT2D eigenvalue weighted by molar-refractivity contribution is -0.156. The molecular formula is C26H28N2O5. The van der Waals surface area contributed by atoms with Crippen molar-refractivity contribution in [2.75, 3.05) is 6.61 Å². The number of carboxylic acids is 1. The number of amides is 2. The summed E-state index contributed by atoms with van der Waals surface area (Å²) in [6.07, 6.45) is 2.04. The predicted molar refractivity (Wildman–Crippen MR) is 122 cm³/mol. The first-order chi connectivity index (χ1) is 16.0. The van der Waals surface area contributed by atoms with Crippen LogP contribution < -0.4 is 5.32 Å². The van der Waals surface area contributed by atoms with Crippen molar-refractivity contribution in [1.29, 1.82) is 0 Å². The molecule has 2 amide bonds. The zero-order chi connectivity index (χ0) is 23.2. The van der Waals surface area contributed by atoms with Crippen LogP contribution in [0.25, 0.3) is 11.1 Å². The Labute approximate surface area is 192 Å². The van der Waals surface area contributed by atoms with Crippen LogP contribution in [0.15, 0.2) is 48.5 Å².